The summed E-state index contributed by atoms with van der Waals surface area (Å²) in [5.41, 5.74) is 1.03. The van der Waals surface area contributed by atoms with Gasteiger partial charge in [0.05, 0.1) is 0 Å². The number of nitrogens with one attached hydrogen (secondary N) is 2. The minimum atomic E-state index is -0.720. The number of hydrogen-bond acceptors (Lipinski definition) is 2. The molecule has 1 aromatic rings. The summed E-state index contributed by atoms with van der Waals surface area (Å²) in [6.45, 7) is 4.37. The predicted octanol–water partition coefficient (Wildman–Crippen LogP) is 3.94. The first kappa shape index (κ1) is 19.1. The standard InChI is InChI=1S/C18H27FN2O2/c1-3-4-5-6-7-8-9-12-20-17(22)18(23)21-16-11-10-15(19)13-14(16)2/h10-11,13H,3-9,12H2,1-2H3,(H,20,22)(H,21,23). The minimum Gasteiger partial charge on any atom is -0.348 e. The summed E-state index contributed by atoms with van der Waals surface area (Å²) < 4.78 is 13.0. The number of carbonyl (C=O) groups is 2. The van der Waals surface area contributed by atoms with Crippen molar-refractivity contribution in [2.75, 3.05) is 11.9 Å². The summed E-state index contributed by atoms with van der Waals surface area (Å²) in [7, 11) is 0. The molecule has 0 aliphatic heterocycles. The quantitative estimate of drug-likeness (QED) is 0.534. The van der Waals surface area contributed by atoms with Gasteiger partial charge in [0, 0.05) is 12.2 Å². The van der Waals surface area contributed by atoms with Crippen LogP contribution in [0.5, 0.6) is 0 Å². The highest BCUT2D eigenvalue weighted by Gasteiger charge is 2.14. The van der Waals surface area contributed by atoms with Gasteiger partial charge in [0.25, 0.3) is 0 Å². The molecule has 4 nitrogen and oxygen atoms in total. The number of unbranched alkanes of at least 4 members (excludes halogenated alkanes) is 6. The summed E-state index contributed by atoms with van der Waals surface area (Å²) in [6.07, 6.45) is 8.10. The second-order valence-corrected chi connectivity index (χ2v) is 5.79. The third-order valence-electron chi connectivity index (χ3n) is 3.71. The maximum Gasteiger partial charge on any atom is 0.313 e. The van der Waals surface area contributed by atoms with Gasteiger partial charge in [-0.25, -0.2) is 4.39 Å². The van der Waals surface area contributed by atoms with Crippen molar-refractivity contribution < 1.29 is 14.0 Å². The van der Waals surface area contributed by atoms with Crippen LogP contribution in [0, 0.1) is 12.7 Å². The van der Waals surface area contributed by atoms with E-state index in [-0.39, 0.29) is 5.82 Å². The zero-order valence-corrected chi connectivity index (χ0v) is 14.1. The molecule has 23 heavy (non-hydrogen) atoms. The summed E-state index contributed by atoms with van der Waals surface area (Å²) in [5.74, 6) is -1.74. The zero-order valence-electron chi connectivity index (χ0n) is 14.1. The number of hydrogen-bond donors (Lipinski definition) is 2. The van der Waals surface area contributed by atoms with Gasteiger partial charge in [0.2, 0.25) is 0 Å². The average molecular weight is 322 g/mol. The number of aryl methyl sites for hydroxylation is 1. The molecule has 2 amide bonds. The van der Waals surface area contributed by atoms with Crippen molar-refractivity contribution in [3.8, 4) is 0 Å². The first-order valence-electron chi connectivity index (χ1n) is 8.40. The maximum absolute atomic E-state index is 13.0. The van der Waals surface area contributed by atoms with Crippen LogP contribution in [-0.4, -0.2) is 18.4 Å². The highest BCUT2D eigenvalue weighted by Crippen LogP contribution is 2.15. The molecule has 5 heteroatoms. The number of halogens is 1. The summed E-state index contributed by atoms with van der Waals surface area (Å²) in [6, 6.07) is 4.01. The van der Waals surface area contributed by atoms with Gasteiger partial charge < -0.3 is 10.6 Å². The van der Waals surface area contributed by atoms with Crippen molar-refractivity contribution in [2.24, 2.45) is 0 Å². The number of benzene rings is 1. The average Bonchev–Trinajstić information content (AvgIpc) is 2.52. The van der Waals surface area contributed by atoms with Crippen LogP contribution in [0.4, 0.5) is 10.1 Å². The molecule has 0 heterocycles. The summed E-state index contributed by atoms with van der Waals surface area (Å²) in [4.78, 5) is 23.5. The van der Waals surface area contributed by atoms with E-state index < -0.39 is 11.8 Å². The fourth-order valence-corrected chi connectivity index (χ4v) is 2.31. The van der Waals surface area contributed by atoms with Crippen molar-refractivity contribution in [1.29, 1.82) is 0 Å². The lowest BCUT2D eigenvalue weighted by atomic mass is 10.1. The number of amides is 2. The van der Waals surface area contributed by atoms with E-state index in [0.717, 1.165) is 19.3 Å². The lowest BCUT2D eigenvalue weighted by Gasteiger charge is -2.09. The fourth-order valence-electron chi connectivity index (χ4n) is 2.31. The second kappa shape index (κ2) is 10.8. The van der Waals surface area contributed by atoms with Crippen LogP contribution in [0.3, 0.4) is 0 Å². The van der Waals surface area contributed by atoms with Gasteiger partial charge in [0.1, 0.15) is 5.82 Å². The monoisotopic (exact) mass is 322 g/mol. The Bertz CT molecular complexity index is 518. The zero-order chi connectivity index (χ0) is 17.1. The van der Waals surface area contributed by atoms with Gasteiger partial charge in [-0.3, -0.25) is 9.59 Å². The van der Waals surface area contributed by atoms with Gasteiger partial charge >= 0.3 is 11.8 Å². The lowest BCUT2D eigenvalue weighted by Crippen LogP contribution is -2.36. The van der Waals surface area contributed by atoms with Gasteiger partial charge in [-0.1, -0.05) is 45.4 Å². The molecule has 0 fully saturated rings. The molecule has 0 bridgehead atoms. The predicted molar refractivity (Wildman–Crippen MR) is 90.8 cm³/mol. The lowest BCUT2D eigenvalue weighted by molar-refractivity contribution is -0.136. The van der Waals surface area contributed by atoms with E-state index >= 15 is 0 Å². The van der Waals surface area contributed by atoms with E-state index in [1.54, 1.807) is 6.92 Å². The van der Waals surface area contributed by atoms with Crippen LogP contribution in [-0.2, 0) is 9.59 Å². The molecule has 0 atom stereocenters. The molecule has 0 spiro atoms. The molecule has 0 unspecified atom stereocenters. The van der Waals surface area contributed by atoms with Crippen molar-refractivity contribution in [1.82, 2.24) is 5.32 Å². The number of rotatable bonds is 9. The van der Waals surface area contributed by atoms with Crippen LogP contribution < -0.4 is 10.6 Å². The molecule has 0 saturated heterocycles. The third-order valence-corrected chi connectivity index (χ3v) is 3.71. The first-order chi connectivity index (χ1) is 11.0. The normalized spacial score (nSPS) is 10.4. The molecule has 2 N–H and O–H groups in total. The van der Waals surface area contributed by atoms with Crippen LogP contribution in [0.25, 0.3) is 0 Å². The smallest absolute Gasteiger partial charge is 0.313 e. The highest BCUT2D eigenvalue weighted by molar-refractivity contribution is 6.39. The highest BCUT2D eigenvalue weighted by atomic mass is 19.1. The van der Waals surface area contributed by atoms with Crippen molar-refractivity contribution in [2.45, 2.75) is 58.8 Å². The van der Waals surface area contributed by atoms with Crippen LogP contribution in [0.1, 0.15) is 57.4 Å². The molecule has 0 aliphatic carbocycles. The minimum absolute atomic E-state index is 0.371. The van der Waals surface area contributed by atoms with Crippen LogP contribution in [0.15, 0.2) is 18.2 Å². The molecule has 1 aromatic carbocycles. The number of anilines is 1. The Morgan fingerprint density at radius 2 is 1.65 bits per heavy atom. The van der Waals surface area contributed by atoms with Gasteiger partial charge in [-0.2, -0.15) is 0 Å². The van der Waals surface area contributed by atoms with E-state index in [1.807, 2.05) is 0 Å². The van der Waals surface area contributed by atoms with Gasteiger partial charge in [0.15, 0.2) is 0 Å². The summed E-state index contributed by atoms with van der Waals surface area (Å²) >= 11 is 0. The van der Waals surface area contributed by atoms with E-state index in [0.29, 0.717) is 17.8 Å². The fraction of sp³-hybridized carbons (Fsp3) is 0.556. The largest absolute Gasteiger partial charge is 0.348 e. The van der Waals surface area contributed by atoms with Crippen molar-refractivity contribution in [3.05, 3.63) is 29.6 Å². The van der Waals surface area contributed by atoms with Crippen LogP contribution >= 0.6 is 0 Å². The molecule has 0 aromatic heterocycles. The third kappa shape index (κ3) is 7.77. The topological polar surface area (TPSA) is 58.2 Å². The Kier molecular flexibility index (Phi) is 8.95. The van der Waals surface area contributed by atoms with E-state index in [9.17, 15) is 14.0 Å². The molecule has 1 rings (SSSR count). The maximum atomic E-state index is 13.0. The number of carbonyl (C=O) groups excluding carboxylic acids is 2. The Labute approximate surface area is 137 Å². The molecular weight excluding hydrogens is 295 g/mol. The van der Waals surface area contributed by atoms with Crippen molar-refractivity contribution in [3.63, 3.8) is 0 Å². The van der Waals surface area contributed by atoms with Crippen molar-refractivity contribution >= 4 is 17.5 Å². The molecular formula is C18H27FN2O2. The Hall–Kier alpha value is -1.91. The molecule has 0 aliphatic rings. The van der Waals surface area contributed by atoms with Crippen LogP contribution in [0.2, 0.25) is 0 Å². The van der Waals surface area contributed by atoms with Gasteiger partial charge in [-0.15, -0.1) is 0 Å². The Morgan fingerprint density at radius 1 is 1.00 bits per heavy atom. The Balaban J connectivity index is 2.20. The SMILES string of the molecule is CCCCCCCCCNC(=O)C(=O)Nc1ccc(F)cc1C. The summed E-state index contributed by atoms with van der Waals surface area (Å²) in [5, 5.41) is 5.11. The molecule has 0 saturated carbocycles. The first-order valence-corrected chi connectivity index (χ1v) is 8.40. The Morgan fingerprint density at radius 3 is 2.30 bits per heavy atom. The van der Waals surface area contributed by atoms with E-state index in [4.69, 9.17) is 0 Å². The van der Waals surface area contributed by atoms with E-state index in [1.165, 1.54) is 43.9 Å². The van der Waals surface area contributed by atoms with Gasteiger partial charge in [-0.05, 0) is 37.1 Å². The molecule has 0 radical (unpaired) electrons. The molecule has 128 valence electrons. The second-order valence-electron chi connectivity index (χ2n) is 5.79. The van der Waals surface area contributed by atoms with E-state index in [2.05, 4.69) is 17.6 Å².